The molecule has 0 N–H and O–H groups in total. The molecule has 6 nitrogen and oxygen atoms in total. The fourth-order valence-electron chi connectivity index (χ4n) is 2.73. The Kier molecular flexibility index (Phi) is 4.46. The Morgan fingerprint density at radius 1 is 1.17 bits per heavy atom. The van der Waals surface area contributed by atoms with E-state index >= 15 is 0 Å². The van der Waals surface area contributed by atoms with Crippen LogP contribution in [-0.2, 0) is 7.05 Å². The number of halogens is 2. The van der Waals surface area contributed by atoms with Gasteiger partial charge in [-0.25, -0.2) is 4.98 Å². The first kappa shape index (κ1) is 16.1. The molecule has 0 aromatic carbocycles. The summed E-state index contributed by atoms with van der Waals surface area (Å²) in [4.78, 5) is 20.8. The van der Waals surface area contributed by atoms with Crippen LogP contribution in [0.5, 0.6) is 0 Å². The summed E-state index contributed by atoms with van der Waals surface area (Å²) >= 11 is 12.1. The van der Waals surface area contributed by atoms with Gasteiger partial charge in [-0.2, -0.15) is 5.10 Å². The zero-order chi connectivity index (χ0) is 16.6. The summed E-state index contributed by atoms with van der Waals surface area (Å²) < 4.78 is 1.63. The van der Waals surface area contributed by atoms with Gasteiger partial charge in [-0.05, 0) is 19.1 Å². The van der Waals surface area contributed by atoms with Crippen LogP contribution in [0.15, 0.2) is 18.3 Å². The van der Waals surface area contributed by atoms with Crippen molar-refractivity contribution in [3.05, 3.63) is 39.8 Å². The van der Waals surface area contributed by atoms with E-state index in [1.54, 1.807) is 24.0 Å². The smallest absolute Gasteiger partial charge is 0.272 e. The molecule has 0 radical (unpaired) electrons. The molecule has 122 valence electrons. The van der Waals surface area contributed by atoms with Crippen molar-refractivity contribution in [1.29, 1.82) is 0 Å². The highest BCUT2D eigenvalue weighted by Crippen LogP contribution is 2.26. The van der Waals surface area contributed by atoms with Crippen LogP contribution >= 0.6 is 23.2 Å². The molecule has 8 heteroatoms. The molecule has 1 aliphatic heterocycles. The number of nitrogens with zero attached hydrogens (tertiary/aromatic N) is 5. The van der Waals surface area contributed by atoms with Crippen LogP contribution in [0.2, 0.25) is 10.0 Å². The molecule has 1 saturated heterocycles. The lowest BCUT2D eigenvalue weighted by atomic mass is 10.2. The van der Waals surface area contributed by atoms with E-state index in [9.17, 15) is 4.79 Å². The van der Waals surface area contributed by atoms with E-state index in [0.717, 1.165) is 5.69 Å². The highest BCUT2D eigenvalue weighted by Gasteiger charge is 2.25. The molecule has 1 aliphatic rings. The van der Waals surface area contributed by atoms with Crippen molar-refractivity contribution in [3.8, 4) is 0 Å². The third-order valence-corrected chi connectivity index (χ3v) is 4.36. The van der Waals surface area contributed by atoms with E-state index in [0.29, 0.717) is 47.7 Å². The number of pyridine rings is 1. The molecule has 1 fully saturated rings. The molecule has 0 aliphatic carbocycles. The van der Waals surface area contributed by atoms with Crippen LogP contribution in [0.4, 0.5) is 5.82 Å². The van der Waals surface area contributed by atoms with E-state index in [2.05, 4.69) is 15.0 Å². The average molecular weight is 354 g/mol. The molecule has 0 saturated carbocycles. The van der Waals surface area contributed by atoms with Gasteiger partial charge in [-0.1, -0.05) is 23.2 Å². The van der Waals surface area contributed by atoms with Crippen LogP contribution < -0.4 is 4.90 Å². The van der Waals surface area contributed by atoms with Crippen molar-refractivity contribution >= 4 is 34.9 Å². The van der Waals surface area contributed by atoms with E-state index in [4.69, 9.17) is 23.2 Å². The molecular formula is C15H17Cl2N5O. The summed E-state index contributed by atoms with van der Waals surface area (Å²) in [5.41, 5.74) is 1.45. The molecule has 0 spiro atoms. The summed E-state index contributed by atoms with van der Waals surface area (Å²) in [6, 6.07) is 3.49. The predicted octanol–water partition coefficient (Wildman–Crippen LogP) is 2.39. The Balaban J connectivity index is 1.68. The van der Waals surface area contributed by atoms with Crippen LogP contribution in [0, 0.1) is 6.92 Å². The number of rotatable bonds is 2. The number of aryl methyl sites for hydroxylation is 2. The van der Waals surface area contributed by atoms with Gasteiger partial charge in [0.15, 0.2) is 0 Å². The summed E-state index contributed by atoms with van der Waals surface area (Å²) in [7, 11) is 1.79. The van der Waals surface area contributed by atoms with Gasteiger partial charge in [-0.3, -0.25) is 9.48 Å². The molecule has 0 atom stereocenters. The van der Waals surface area contributed by atoms with Crippen molar-refractivity contribution in [2.75, 3.05) is 31.1 Å². The Labute approximate surface area is 144 Å². The lowest BCUT2D eigenvalue weighted by Gasteiger charge is -2.35. The normalized spacial score (nSPS) is 15.1. The second-order valence-corrected chi connectivity index (χ2v) is 6.38. The van der Waals surface area contributed by atoms with Gasteiger partial charge >= 0.3 is 0 Å². The summed E-state index contributed by atoms with van der Waals surface area (Å²) in [5.74, 6) is 0.711. The predicted molar refractivity (Wildman–Crippen MR) is 90.3 cm³/mol. The minimum Gasteiger partial charge on any atom is -0.352 e. The largest absolute Gasteiger partial charge is 0.352 e. The minimum atomic E-state index is 0.00270. The maximum atomic E-state index is 12.6. The van der Waals surface area contributed by atoms with Gasteiger partial charge in [0.1, 0.15) is 11.5 Å². The fourth-order valence-corrected chi connectivity index (χ4v) is 3.23. The van der Waals surface area contributed by atoms with Crippen molar-refractivity contribution in [2.24, 2.45) is 7.05 Å². The minimum absolute atomic E-state index is 0.00270. The molecular weight excluding hydrogens is 337 g/mol. The van der Waals surface area contributed by atoms with Crippen LogP contribution in [0.3, 0.4) is 0 Å². The molecule has 3 rings (SSSR count). The quantitative estimate of drug-likeness (QED) is 0.831. The Hall–Kier alpha value is -1.79. The third-order valence-electron chi connectivity index (χ3n) is 3.88. The number of piperazine rings is 1. The van der Waals surface area contributed by atoms with Gasteiger partial charge in [0, 0.05) is 39.4 Å². The summed E-state index contributed by atoms with van der Waals surface area (Å²) in [6.45, 7) is 4.46. The number of carbonyl (C=O) groups is 1. The number of anilines is 1. The molecule has 0 unspecified atom stereocenters. The van der Waals surface area contributed by atoms with Gasteiger partial charge in [-0.15, -0.1) is 0 Å². The first-order valence-corrected chi connectivity index (χ1v) is 8.07. The number of hydrogen-bond donors (Lipinski definition) is 0. The molecule has 1 amide bonds. The average Bonchev–Trinajstić information content (AvgIpc) is 2.85. The second kappa shape index (κ2) is 6.37. The molecule has 2 aromatic heterocycles. The van der Waals surface area contributed by atoms with E-state index in [-0.39, 0.29) is 5.91 Å². The molecule has 2 aromatic rings. The molecule has 3 heterocycles. The van der Waals surface area contributed by atoms with Gasteiger partial charge in [0.25, 0.3) is 5.91 Å². The first-order valence-electron chi connectivity index (χ1n) is 7.31. The Morgan fingerprint density at radius 3 is 2.43 bits per heavy atom. The lowest BCUT2D eigenvalue weighted by Crippen LogP contribution is -2.49. The van der Waals surface area contributed by atoms with Gasteiger partial charge in [0.05, 0.1) is 15.7 Å². The van der Waals surface area contributed by atoms with E-state index in [1.165, 1.54) is 0 Å². The number of aromatic nitrogens is 3. The fraction of sp³-hybridized carbons (Fsp3) is 0.400. The number of hydrogen-bond acceptors (Lipinski definition) is 4. The highest BCUT2D eigenvalue weighted by molar-refractivity contribution is 6.36. The Morgan fingerprint density at radius 2 is 1.87 bits per heavy atom. The molecule has 0 bridgehead atoms. The van der Waals surface area contributed by atoms with Gasteiger partial charge < -0.3 is 9.80 Å². The zero-order valence-corrected chi connectivity index (χ0v) is 14.5. The topological polar surface area (TPSA) is 54.3 Å². The van der Waals surface area contributed by atoms with Crippen LogP contribution in [0.1, 0.15) is 16.2 Å². The van der Waals surface area contributed by atoms with Crippen molar-refractivity contribution in [2.45, 2.75) is 6.92 Å². The number of amides is 1. The summed E-state index contributed by atoms with van der Waals surface area (Å²) in [6.07, 6.45) is 1.58. The van der Waals surface area contributed by atoms with Crippen molar-refractivity contribution < 1.29 is 4.79 Å². The number of carbonyl (C=O) groups excluding carboxylic acids is 1. The maximum absolute atomic E-state index is 12.6. The van der Waals surface area contributed by atoms with Crippen LogP contribution in [-0.4, -0.2) is 51.8 Å². The standard InChI is InChI=1S/C15H17Cl2N5O/c1-10-7-13(20(2)19-10)15(23)22-5-3-21(4-6-22)14-12(17)8-11(16)9-18-14/h7-9H,3-6H2,1-2H3. The lowest BCUT2D eigenvalue weighted by molar-refractivity contribution is 0.0735. The van der Waals surface area contributed by atoms with E-state index in [1.807, 2.05) is 17.9 Å². The summed E-state index contributed by atoms with van der Waals surface area (Å²) in [5, 5.41) is 5.27. The highest BCUT2D eigenvalue weighted by atomic mass is 35.5. The Bertz CT molecular complexity index is 737. The zero-order valence-electron chi connectivity index (χ0n) is 13.0. The van der Waals surface area contributed by atoms with Crippen molar-refractivity contribution in [1.82, 2.24) is 19.7 Å². The monoisotopic (exact) mass is 353 g/mol. The van der Waals surface area contributed by atoms with E-state index < -0.39 is 0 Å². The maximum Gasteiger partial charge on any atom is 0.272 e. The second-order valence-electron chi connectivity index (χ2n) is 5.53. The SMILES string of the molecule is Cc1cc(C(=O)N2CCN(c3ncc(Cl)cc3Cl)CC2)n(C)n1. The third kappa shape index (κ3) is 3.28. The van der Waals surface area contributed by atoms with Crippen molar-refractivity contribution in [3.63, 3.8) is 0 Å². The first-order chi connectivity index (χ1) is 11.0. The molecule has 23 heavy (non-hydrogen) atoms. The van der Waals surface area contributed by atoms with Gasteiger partial charge in [0.2, 0.25) is 0 Å². The van der Waals surface area contributed by atoms with Crippen LogP contribution in [0.25, 0.3) is 0 Å².